The highest BCUT2D eigenvalue weighted by molar-refractivity contribution is 5.93. The van der Waals surface area contributed by atoms with Gasteiger partial charge in [0.1, 0.15) is 5.82 Å². The molecule has 104 valence electrons. The molecule has 2 rings (SSSR count). The number of imidazole rings is 1. The fourth-order valence-corrected chi connectivity index (χ4v) is 1.63. The van der Waals surface area contributed by atoms with Crippen molar-refractivity contribution in [2.24, 2.45) is 18.7 Å². The number of benzene rings is 1. The summed E-state index contributed by atoms with van der Waals surface area (Å²) in [6, 6.07) is 4.31. The Balaban J connectivity index is 0.00000180. The molecule has 0 saturated heterocycles. The van der Waals surface area contributed by atoms with Gasteiger partial charge in [-0.25, -0.2) is 9.37 Å². The molecule has 1 amide bonds. The Kier molecular flexibility index (Phi) is 4.85. The summed E-state index contributed by atoms with van der Waals surface area (Å²) in [5, 5.41) is 2.68. The predicted octanol–water partition coefficient (Wildman–Crippen LogP) is 1.67. The number of carbonyl (C=O) groups is 1. The standard InChI is InChI=1S/C12H15FN4O.ClH/c1-7(6-14)11(18)16-12-15-9-5-8(13)3-4-10(9)17(12)2;/h3-5,7H,6,14H2,1-2H3,(H,15,16,18);1H. The van der Waals surface area contributed by atoms with Crippen LogP contribution < -0.4 is 11.1 Å². The van der Waals surface area contributed by atoms with Crippen LogP contribution in [0.4, 0.5) is 10.3 Å². The second-order valence-electron chi connectivity index (χ2n) is 4.25. The van der Waals surface area contributed by atoms with Crippen molar-refractivity contribution >= 4 is 35.3 Å². The van der Waals surface area contributed by atoms with E-state index in [4.69, 9.17) is 5.73 Å². The summed E-state index contributed by atoms with van der Waals surface area (Å²) < 4.78 is 14.8. The van der Waals surface area contributed by atoms with Crippen LogP contribution in [0.5, 0.6) is 0 Å². The molecule has 0 aliphatic heterocycles. The molecule has 1 unspecified atom stereocenters. The number of nitrogens with zero attached hydrogens (tertiary/aromatic N) is 2. The van der Waals surface area contributed by atoms with Gasteiger partial charge in [-0.1, -0.05) is 6.92 Å². The third-order valence-corrected chi connectivity index (χ3v) is 2.88. The Morgan fingerprint density at radius 2 is 2.26 bits per heavy atom. The number of hydrogen-bond donors (Lipinski definition) is 2. The molecule has 1 heterocycles. The number of rotatable bonds is 3. The number of anilines is 1. The van der Waals surface area contributed by atoms with Crippen molar-refractivity contribution in [3.8, 4) is 0 Å². The highest BCUT2D eigenvalue weighted by Gasteiger charge is 2.15. The quantitative estimate of drug-likeness (QED) is 0.901. The minimum atomic E-state index is -0.353. The van der Waals surface area contributed by atoms with Gasteiger partial charge in [0.25, 0.3) is 0 Å². The third kappa shape index (κ3) is 3.02. The van der Waals surface area contributed by atoms with E-state index in [0.717, 1.165) is 5.52 Å². The lowest BCUT2D eigenvalue weighted by molar-refractivity contribution is -0.119. The second-order valence-corrected chi connectivity index (χ2v) is 4.25. The zero-order valence-electron chi connectivity index (χ0n) is 10.7. The van der Waals surface area contributed by atoms with Crippen molar-refractivity contribution in [1.82, 2.24) is 9.55 Å². The van der Waals surface area contributed by atoms with Crippen molar-refractivity contribution in [2.75, 3.05) is 11.9 Å². The summed E-state index contributed by atoms with van der Waals surface area (Å²) >= 11 is 0. The average Bonchev–Trinajstić information content (AvgIpc) is 2.64. The maximum absolute atomic E-state index is 13.1. The fourth-order valence-electron chi connectivity index (χ4n) is 1.63. The number of aromatic nitrogens is 2. The van der Waals surface area contributed by atoms with Gasteiger partial charge in [-0.05, 0) is 12.1 Å². The molecule has 0 aliphatic carbocycles. The molecule has 19 heavy (non-hydrogen) atoms. The first-order valence-electron chi connectivity index (χ1n) is 5.66. The summed E-state index contributed by atoms with van der Waals surface area (Å²) in [4.78, 5) is 15.9. The molecule has 0 bridgehead atoms. The minimum absolute atomic E-state index is 0. The van der Waals surface area contributed by atoms with Crippen molar-refractivity contribution in [3.05, 3.63) is 24.0 Å². The van der Waals surface area contributed by atoms with Gasteiger partial charge in [0.2, 0.25) is 11.9 Å². The fraction of sp³-hybridized carbons (Fsp3) is 0.333. The summed E-state index contributed by atoms with van der Waals surface area (Å²) in [7, 11) is 1.76. The van der Waals surface area contributed by atoms with Gasteiger partial charge >= 0.3 is 0 Å². The Morgan fingerprint density at radius 3 is 2.89 bits per heavy atom. The van der Waals surface area contributed by atoms with Crippen molar-refractivity contribution in [2.45, 2.75) is 6.92 Å². The number of aryl methyl sites for hydroxylation is 1. The number of amides is 1. The van der Waals surface area contributed by atoms with Crippen molar-refractivity contribution in [1.29, 1.82) is 0 Å². The summed E-state index contributed by atoms with van der Waals surface area (Å²) in [5.74, 6) is -0.451. The van der Waals surface area contributed by atoms with Crippen molar-refractivity contribution in [3.63, 3.8) is 0 Å². The number of hydrogen-bond acceptors (Lipinski definition) is 3. The Morgan fingerprint density at radius 1 is 1.58 bits per heavy atom. The molecular weight excluding hydrogens is 271 g/mol. The van der Waals surface area contributed by atoms with Crippen LogP contribution in [0.3, 0.4) is 0 Å². The molecule has 7 heteroatoms. The first kappa shape index (κ1) is 15.4. The van der Waals surface area contributed by atoms with Crippen LogP contribution in [0.2, 0.25) is 0 Å². The first-order chi connectivity index (χ1) is 8.52. The largest absolute Gasteiger partial charge is 0.330 e. The van der Waals surface area contributed by atoms with Gasteiger partial charge < -0.3 is 10.3 Å². The van der Waals surface area contributed by atoms with Crippen LogP contribution in [-0.2, 0) is 11.8 Å². The summed E-state index contributed by atoms with van der Waals surface area (Å²) in [6.45, 7) is 2.00. The van der Waals surface area contributed by atoms with Crippen LogP contribution in [0.25, 0.3) is 11.0 Å². The number of nitrogens with two attached hydrogens (primary N) is 1. The minimum Gasteiger partial charge on any atom is -0.330 e. The first-order valence-corrected chi connectivity index (χ1v) is 5.66. The van der Waals surface area contributed by atoms with Crippen LogP contribution in [0.1, 0.15) is 6.92 Å². The van der Waals surface area contributed by atoms with Gasteiger partial charge in [0.15, 0.2) is 0 Å². The van der Waals surface area contributed by atoms with Gasteiger partial charge in [0, 0.05) is 25.6 Å². The molecule has 3 N–H and O–H groups in total. The molecule has 1 atom stereocenters. The molecule has 2 aromatic rings. The monoisotopic (exact) mass is 286 g/mol. The average molecular weight is 287 g/mol. The van der Waals surface area contributed by atoms with E-state index in [-0.39, 0.29) is 36.6 Å². The van der Waals surface area contributed by atoms with Crippen LogP contribution >= 0.6 is 12.4 Å². The van der Waals surface area contributed by atoms with Gasteiger partial charge in [-0.2, -0.15) is 0 Å². The SMILES string of the molecule is CC(CN)C(=O)Nc1nc2cc(F)ccc2n1C.Cl. The van der Waals surface area contributed by atoms with Crippen LogP contribution in [0.15, 0.2) is 18.2 Å². The van der Waals surface area contributed by atoms with E-state index in [1.54, 1.807) is 24.6 Å². The molecule has 5 nitrogen and oxygen atoms in total. The molecule has 1 aromatic heterocycles. The van der Waals surface area contributed by atoms with E-state index in [0.29, 0.717) is 11.5 Å². The third-order valence-electron chi connectivity index (χ3n) is 2.88. The summed E-state index contributed by atoms with van der Waals surface area (Å²) in [6.07, 6.45) is 0. The maximum atomic E-state index is 13.1. The zero-order chi connectivity index (χ0) is 13.3. The number of fused-ring (bicyclic) bond motifs is 1. The lowest BCUT2D eigenvalue weighted by atomic mass is 10.2. The van der Waals surface area contributed by atoms with E-state index >= 15 is 0 Å². The van der Waals surface area contributed by atoms with E-state index in [1.807, 2.05) is 0 Å². The normalized spacial score (nSPS) is 12.0. The Hall–Kier alpha value is -1.66. The van der Waals surface area contributed by atoms with Gasteiger partial charge in [-0.15, -0.1) is 12.4 Å². The van der Waals surface area contributed by atoms with Crippen molar-refractivity contribution < 1.29 is 9.18 Å². The molecule has 1 aromatic carbocycles. The van der Waals surface area contributed by atoms with Crippen LogP contribution in [0, 0.1) is 11.7 Å². The van der Waals surface area contributed by atoms with E-state index in [1.165, 1.54) is 12.1 Å². The van der Waals surface area contributed by atoms with E-state index in [9.17, 15) is 9.18 Å². The molecule has 0 radical (unpaired) electrons. The highest BCUT2D eigenvalue weighted by atomic mass is 35.5. The summed E-state index contributed by atoms with van der Waals surface area (Å²) in [5.41, 5.74) is 6.69. The Bertz CT molecular complexity index is 599. The lowest BCUT2D eigenvalue weighted by Gasteiger charge is -2.09. The molecule has 0 spiro atoms. The maximum Gasteiger partial charge on any atom is 0.230 e. The van der Waals surface area contributed by atoms with E-state index < -0.39 is 0 Å². The van der Waals surface area contributed by atoms with Crippen LogP contribution in [-0.4, -0.2) is 22.0 Å². The van der Waals surface area contributed by atoms with Gasteiger partial charge in [0.05, 0.1) is 11.0 Å². The molecule has 0 fully saturated rings. The number of halogens is 2. The predicted molar refractivity (Wildman–Crippen MR) is 74.8 cm³/mol. The smallest absolute Gasteiger partial charge is 0.230 e. The number of nitrogens with one attached hydrogen (secondary N) is 1. The molecule has 0 saturated carbocycles. The van der Waals surface area contributed by atoms with Gasteiger partial charge in [-0.3, -0.25) is 10.1 Å². The second kappa shape index (κ2) is 5.99. The van der Waals surface area contributed by atoms with E-state index in [2.05, 4.69) is 10.3 Å². The topological polar surface area (TPSA) is 72.9 Å². The zero-order valence-corrected chi connectivity index (χ0v) is 11.5. The number of carbonyl (C=O) groups excluding carboxylic acids is 1. The molecular formula is C12H16ClFN4O. The lowest BCUT2D eigenvalue weighted by Crippen LogP contribution is -2.27. The molecule has 0 aliphatic rings. The highest BCUT2D eigenvalue weighted by Crippen LogP contribution is 2.19. The Labute approximate surface area is 116 Å².